The first-order valence-electron chi connectivity index (χ1n) is 7.56. The van der Waals surface area contributed by atoms with E-state index in [0.29, 0.717) is 11.0 Å². The minimum Gasteiger partial charge on any atom is -0.329 e. The van der Waals surface area contributed by atoms with E-state index < -0.39 is 5.82 Å². The Morgan fingerprint density at radius 3 is 2.65 bits per heavy atom. The van der Waals surface area contributed by atoms with Crippen LogP contribution in [0.15, 0.2) is 53.0 Å². The minimum atomic E-state index is -0.482. The van der Waals surface area contributed by atoms with Crippen LogP contribution in [0.4, 0.5) is 4.39 Å². The molecule has 1 aliphatic rings. The summed E-state index contributed by atoms with van der Waals surface area (Å²) < 4.78 is 14.8. The Labute approximate surface area is 143 Å². The second-order valence-electron chi connectivity index (χ2n) is 5.81. The molecule has 0 aliphatic carbocycles. The van der Waals surface area contributed by atoms with E-state index in [-0.39, 0.29) is 17.5 Å². The van der Waals surface area contributed by atoms with Crippen LogP contribution in [0.1, 0.15) is 22.0 Å². The molecule has 1 unspecified atom stereocenters. The van der Waals surface area contributed by atoms with E-state index in [9.17, 15) is 9.18 Å². The molecular weight excluding hydrogens is 359 g/mol. The zero-order valence-corrected chi connectivity index (χ0v) is 14.5. The second kappa shape index (κ2) is 6.81. The van der Waals surface area contributed by atoms with Crippen molar-refractivity contribution in [2.75, 3.05) is 26.7 Å². The van der Waals surface area contributed by atoms with Crippen LogP contribution >= 0.6 is 15.9 Å². The Hall–Kier alpha value is -1.72. The molecule has 1 fully saturated rings. The summed E-state index contributed by atoms with van der Waals surface area (Å²) in [5, 5.41) is 0. The van der Waals surface area contributed by atoms with Crippen LogP contribution in [0.5, 0.6) is 0 Å². The first-order chi connectivity index (χ1) is 11.1. The highest BCUT2D eigenvalue weighted by Crippen LogP contribution is 2.28. The van der Waals surface area contributed by atoms with Crippen LogP contribution in [0.25, 0.3) is 0 Å². The third-order valence-corrected chi connectivity index (χ3v) is 4.68. The van der Waals surface area contributed by atoms with E-state index in [0.717, 1.165) is 18.7 Å². The number of rotatable bonds is 2. The molecule has 120 valence electrons. The maximum absolute atomic E-state index is 14.1. The molecule has 0 saturated carbocycles. The van der Waals surface area contributed by atoms with E-state index in [4.69, 9.17) is 0 Å². The topological polar surface area (TPSA) is 23.6 Å². The van der Waals surface area contributed by atoms with Gasteiger partial charge in [0.2, 0.25) is 0 Å². The van der Waals surface area contributed by atoms with Crippen molar-refractivity contribution in [3.63, 3.8) is 0 Å². The fourth-order valence-corrected chi connectivity index (χ4v) is 3.30. The number of piperazine rings is 1. The summed E-state index contributed by atoms with van der Waals surface area (Å²) in [6, 6.07) is 14.3. The van der Waals surface area contributed by atoms with Gasteiger partial charge in [0.1, 0.15) is 5.82 Å². The van der Waals surface area contributed by atoms with Gasteiger partial charge in [-0.3, -0.25) is 4.79 Å². The maximum atomic E-state index is 14.1. The van der Waals surface area contributed by atoms with Crippen LogP contribution in [0.2, 0.25) is 0 Å². The van der Waals surface area contributed by atoms with E-state index in [1.807, 2.05) is 37.4 Å². The predicted molar refractivity (Wildman–Crippen MR) is 91.8 cm³/mol. The molecule has 2 aromatic rings. The normalized spacial score (nSPS) is 18.9. The summed E-state index contributed by atoms with van der Waals surface area (Å²) in [4.78, 5) is 16.9. The van der Waals surface area contributed by atoms with E-state index in [2.05, 4.69) is 20.8 Å². The number of carbonyl (C=O) groups excluding carboxylic acids is 1. The van der Waals surface area contributed by atoms with Crippen molar-refractivity contribution in [2.24, 2.45) is 0 Å². The van der Waals surface area contributed by atoms with Crippen molar-refractivity contribution in [3.05, 3.63) is 69.9 Å². The number of carbonyl (C=O) groups is 1. The molecule has 3 nitrogen and oxygen atoms in total. The standard InChI is InChI=1S/C18H18BrFN2O/c1-21-9-10-22(17(12-21)13-5-3-2-4-6-13)18(23)15-11-14(19)7-8-16(15)20/h2-8,11,17H,9-10,12H2,1H3. The largest absolute Gasteiger partial charge is 0.329 e. The van der Waals surface area contributed by atoms with Gasteiger partial charge in [0, 0.05) is 24.1 Å². The third-order valence-electron chi connectivity index (χ3n) is 4.19. The first kappa shape index (κ1) is 16.1. The zero-order chi connectivity index (χ0) is 16.4. The smallest absolute Gasteiger partial charge is 0.257 e. The molecule has 0 spiro atoms. The van der Waals surface area contributed by atoms with Crippen molar-refractivity contribution < 1.29 is 9.18 Å². The molecule has 2 aromatic carbocycles. The van der Waals surface area contributed by atoms with Gasteiger partial charge in [0.25, 0.3) is 5.91 Å². The SMILES string of the molecule is CN1CCN(C(=O)c2cc(Br)ccc2F)C(c2ccccc2)C1. The Bertz CT molecular complexity index is 707. The fraction of sp³-hybridized carbons (Fsp3) is 0.278. The summed E-state index contributed by atoms with van der Waals surface area (Å²) in [6.07, 6.45) is 0. The van der Waals surface area contributed by atoms with Gasteiger partial charge in [0.05, 0.1) is 11.6 Å². The van der Waals surface area contributed by atoms with Gasteiger partial charge in [-0.15, -0.1) is 0 Å². The number of benzene rings is 2. The van der Waals surface area contributed by atoms with Gasteiger partial charge in [-0.05, 0) is 30.8 Å². The predicted octanol–water partition coefficient (Wildman–Crippen LogP) is 3.72. The number of halogens is 2. The van der Waals surface area contributed by atoms with E-state index >= 15 is 0 Å². The molecule has 0 aromatic heterocycles. The van der Waals surface area contributed by atoms with Crippen LogP contribution in [-0.4, -0.2) is 42.4 Å². The van der Waals surface area contributed by atoms with Crippen LogP contribution in [0.3, 0.4) is 0 Å². The van der Waals surface area contributed by atoms with Gasteiger partial charge in [-0.25, -0.2) is 4.39 Å². The van der Waals surface area contributed by atoms with Crippen molar-refractivity contribution in [2.45, 2.75) is 6.04 Å². The molecule has 23 heavy (non-hydrogen) atoms. The van der Waals surface area contributed by atoms with Crippen molar-refractivity contribution in [1.82, 2.24) is 9.80 Å². The summed E-state index contributed by atoms with van der Waals surface area (Å²) in [5.74, 6) is -0.741. The van der Waals surface area contributed by atoms with Crippen molar-refractivity contribution in [1.29, 1.82) is 0 Å². The first-order valence-corrected chi connectivity index (χ1v) is 8.35. The lowest BCUT2D eigenvalue weighted by Crippen LogP contribution is -2.49. The quantitative estimate of drug-likeness (QED) is 0.797. The van der Waals surface area contributed by atoms with Gasteiger partial charge in [-0.2, -0.15) is 0 Å². The highest BCUT2D eigenvalue weighted by atomic mass is 79.9. The van der Waals surface area contributed by atoms with Crippen LogP contribution in [-0.2, 0) is 0 Å². The molecule has 1 heterocycles. The van der Waals surface area contributed by atoms with Gasteiger partial charge in [0.15, 0.2) is 0 Å². The number of hydrogen-bond acceptors (Lipinski definition) is 2. The molecular formula is C18H18BrFN2O. The molecule has 0 bridgehead atoms. The average molecular weight is 377 g/mol. The molecule has 3 rings (SSSR count). The lowest BCUT2D eigenvalue weighted by atomic mass is 10.0. The highest BCUT2D eigenvalue weighted by Gasteiger charge is 2.31. The summed E-state index contributed by atoms with van der Waals surface area (Å²) in [6.45, 7) is 2.11. The lowest BCUT2D eigenvalue weighted by Gasteiger charge is -2.40. The molecule has 0 radical (unpaired) electrons. The fourth-order valence-electron chi connectivity index (χ4n) is 2.94. The zero-order valence-electron chi connectivity index (χ0n) is 12.9. The molecule has 5 heteroatoms. The van der Waals surface area contributed by atoms with Gasteiger partial charge < -0.3 is 9.80 Å². The van der Waals surface area contributed by atoms with Crippen molar-refractivity contribution >= 4 is 21.8 Å². The van der Waals surface area contributed by atoms with Gasteiger partial charge in [-0.1, -0.05) is 46.3 Å². The second-order valence-corrected chi connectivity index (χ2v) is 6.73. The summed E-state index contributed by atoms with van der Waals surface area (Å²) >= 11 is 3.31. The number of amides is 1. The number of likely N-dealkylation sites (N-methyl/N-ethyl adjacent to an activating group) is 1. The monoisotopic (exact) mass is 376 g/mol. The minimum absolute atomic E-state index is 0.0687. The molecule has 1 aliphatic heterocycles. The maximum Gasteiger partial charge on any atom is 0.257 e. The highest BCUT2D eigenvalue weighted by molar-refractivity contribution is 9.10. The van der Waals surface area contributed by atoms with Crippen LogP contribution in [0, 0.1) is 5.82 Å². The Morgan fingerprint density at radius 1 is 1.17 bits per heavy atom. The lowest BCUT2D eigenvalue weighted by molar-refractivity contribution is 0.0493. The Kier molecular flexibility index (Phi) is 4.78. The summed E-state index contributed by atoms with van der Waals surface area (Å²) in [7, 11) is 2.04. The Balaban J connectivity index is 1.95. The molecule has 1 atom stereocenters. The number of hydrogen-bond donors (Lipinski definition) is 0. The van der Waals surface area contributed by atoms with Crippen molar-refractivity contribution in [3.8, 4) is 0 Å². The summed E-state index contributed by atoms with van der Waals surface area (Å²) in [5.41, 5.74) is 1.19. The molecule has 1 saturated heterocycles. The number of nitrogens with zero attached hydrogens (tertiary/aromatic N) is 2. The molecule has 0 N–H and O–H groups in total. The third kappa shape index (κ3) is 3.46. The van der Waals surface area contributed by atoms with Crippen LogP contribution < -0.4 is 0 Å². The van der Waals surface area contributed by atoms with E-state index in [1.165, 1.54) is 6.07 Å². The Morgan fingerprint density at radius 2 is 1.91 bits per heavy atom. The average Bonchev–Trinajstić information content (AvgIpc) is 2.57. The van der Waals surface area contributed by atoms with E-state index in [1.54, 1.807) is 17.0 Å². The van der Waals surface area contributed by atoms with Gasteiger partial charge >= 0.3 is 0 Å². The molecule has 1 amide bonds.